The Kier molecular flexibility index (Phi) is 2.34. The van der Waals surface area contributed by atoms with E-state index in [2.05, 4.69) is 27.2 Å². The van der Waals surface area contributed by atoms with Crippen molar-refractivity contribution in [1.82, 2.24) is 9.97 Å². The zero-order valence-electron chi connectivity index (χ0n) is 9.97. The minimum Gasteiger partial charge on any atom is -0.388 e. The summed E-state index contributed by atoms with van der Waals surface area (Å²) < 4.78 is 1.13. The predicted molar refractivity (Wildman–Crippen MR) is 69.6 cm³/mol. The van der Waals surface area contributed by atoms with Crippen LogP contribution in [-0.4, -0.2) is 33.8 Å². The number of nitrogens with zero attached hydrogens (tertiary/aromatic N) is 3. The van der Waals surface area contributed by atoms with E-state index in [1.54, 1.807) is 17.7 Å². The number of thiophene rings is 1. The molecule has 17 heavy (non-hydrogen) atoms. The Morgan fingerprint density at radius 3 is 3.00 bits per heavy atom. The first-order chi connectivity index (χ1) is 8.07. The summed E-state index contributed by atoms with van der Waals surface area (Å²) in [6.07, 6.45) is 2.41. The van der Waals surface area contributed by atoms with Gasteiger partial charge in [-0.15, -0.1) is 11.3 Å². The lowest BCUT2D eigenvalue weighted by Crippen LogP contribution is -2.30. The van der Waals surface area contributed by atoms with Crippen LogP contribution in [0.15, 0.2) is 11.7 Å². The maximum Gasteiger partial charge on any atom is 0.150 e. The third-order valence-electron chi connectivity index (χ3n) is 3.26. The van der Waals surface area contributed by atoms with Crippen LogP contribution in [0.5, 0.6) is 0 Å². The first kappa shape index (κ1) is 10.9. The quantitative estimate of drug-likeness (QED) is 0.839. The summed E-state index contributed by atoms with van der Waals surface area (Å²) in [6.45, 7) is 5.45. The maximum absolute atomic E-state index is 10.0. The van der Waals surface area contributed by atoms with Gasteiger partial charge in [-0.05, 0) is 31.2 Å². The highest BCUT2D eigenvalue weighted by Gasteiger charge is 2.33. The van der Waals surface area contributed by atoms with E-state index in [1.807, 2.05) is 6.92 Å². The van der Waals surface area contributed by atoms with Gasteiger partial charge in [0.15, 0.2) is 0 Å². The van der Waals surface area contributed by atoms with Crippen molar-refractivity contribution in [2.24, 2.45) is 0 Å². The van der Waals surface area contributed by atoms with Crippen LogP contribution in [0.4, 0.5) is 5.82 Å². The monoisotopic (exact) mass is 249 g/mol. The molecule has 1 unspecified atom stereocenters. The molecule has 3 rings (SSSR count). The van der Waals surface area contributed by atoms with Crippen molar-refractivity contribution in [1.29, 1.82) is 0 Å². The molecule has 0 saturated carbocycles. The number of aromatic nitrogens is 2. The zero-order chi connectivity index (χ0) is 12.0. The molecular weight excluding hydrogens is 234 g/mol. The summed E-state index contributed by atoms with van der Waals surface area (Å²) in [4.78, 5) is 10.9. The van der Waals surface area contributed by atoms with Crippen molar-refractivity contribution < 1.29 is 5.11 Å². The van der Waals surface area contributed by atoms with Gasteiger partial charge in [0.25, 0.3) is 0 Å². The fourth-order valence-corrected chi connectivity index (χ4v) is 3.33. The van der Waals surface area contributed by atoms with E-state index in [0.29, 0.717) is 6.54 Å². The van der Waals surface area contributed by atoms with Gasteiger partial charge in [0.05, 0.1) is 15.8 Å². The maximum atomic E-state index is 10.0. The fraction of sp³-hybridized carbons (Fsp3) is 0.500. The predicted octanol–water partition coefficient (Wildman–Crippen LogP) is 1.96. The van der Waals surface area contributed by atoms with Gasteiger partial charge in [0.2, 0.25) is 0 Å². The van der Waals surface area contributed by atoms with Crippen LogP contribution in [0.2, 0.25) is 0 Å². The van der Waals surface area contributed by atoms with Crippen LogP contribution in [0.3, 0.4) is 0 Å². The molecule has 2 aromatic heterocycles. The van der Waals surface area contributed by atoms with Gasteiger partial charge in [0.1, 0.15) is 12.1 Å². The Morgan fingerprint density at radius 1 is 1.47 bits per heavy atom. The number of aliphatic hydroxyl groups is 1. The summed E-state index contributed by atoms with van der Waals surface area (Å²) in [7, 11) is 0. The molecule has 1 aliphatic rings. The van der Waals surface area contributed by atoms with Gasteiger partial charge in [-0.2, -0.15) is 0 Å². The highest BCUT2D eigenvalue weighted by molar-refractivity contribution is 7.18. The van der Waals surface area contributed by atoms with Crippen molar-refractivity contribution in [2.75, 3.05) is 18.0 Å². The topological polar surface area (TPSA) is 49.2 Å². The summed E-state index contributed by atoms with van der Waals surface area (Å²) in [5.41, 5.74) is 1.63. The molecule has 4 nitrogen and oxygen atoms in total. The second-order valence-electron chi connectivity index (χ2n) is 4.96. The standard InChI is InChI=1S/C12H15N3OS/c1-8-5-17-10-9(8)13-7-14-11(10)15-4-3-12(2,16)6-15/h5,7,16H,3-4,6H2,1-2H3. The van der Waals surface area contributed by atoms with E-state index in [1.165, 1.54) is 5.56 Å². The third-order valence-corrected chi connectivity index (χ3v) is 4.35. The van der Waals surface area contributed by atoms with Gasteiger partial charge in [-0.1, -0.05) is 0 Å². The Bertz CT molecular complexity index is 564. The fourth-order valence-electron chi connectivity index (χ4n) is 2.31. The molecule has 1 N–H and O–H groups in total. The second kappa shape index (κ2) is 3.65. The van der Waals surface area contributed by atoms with E-state index < -0.39 is 5.60 Å². The molecule has 2 aromatic rings. The van der Waals surface area contributed by atoms with Crippen LogP contribution < -0.4 is 4.90 Å². The van der Waals surface area contributed by atoms with Crippen LogP contribution >= 0.6 is 11.3 Å². The lowest BCUT2D eigenvalue weighted by molar-refractivity contribution is 0.0839. The smallest absolute Gasteiger partial charge is 0.150 e. The summed E-state index contributed by atoms with van der Waals surface area (Å²) in [5, 5.41) is 12.1. The molecule has 1 aliphatic heterocycles. The molecule has 0 amide bonds. The Morgan fingerprint density at radius 2 is 2.29 bits per heavy atom. The number of fused-ring (bicyclic) bond motifs is 1. The Labute approximate surface area is 104 Å². The highest BCUT2D eigenvalue weighted by Crippen LogP contribution is 2.34. The molecule has 90 valence electrons. The van der Waals surface area contributed by atoms with E-state index in [-0.39, 0.29) is 0 Å². The van der Waals surface area contributed by atoms with E-state index in [0.717, 1.165) is 29.0 Å². The van der Waals surface area contributed by atoms with Gasteiger partial charge in [-0.25, -0.2) is 9.97 Å². The van der Waals surface area contributed by atoms with Crippen molar-refractivity contribution in [3.63, 3.8) is 0 Å². The SMILES string of the molecule is Cc1csc2c(N3CCC(C)(O)C3)ncnc12. The van der Waals surface area contributed by atoms with Gasteiger partial charge in [0, 0.05) is 13.1 Å². The number of hydrogen-bond acceptors (Lipinski definition) is 5. The average molecular weight is 249 g/mol. The molecule has 5 heteroatoms. The summed E-state index contributed by atoms with van der Waals surface area (Å²) in [5.74, 6) is 0.964. The lowest BCUT2D eigenvalue weighted by Gasteiger charge is -2.20. The van der Waals surface area contributed by atoms with Crippen LogP contribution in [0, 0.1) is 6.92 Å². The van der Waals surface area contributed by atoms with Crippen molar-refractivity contribution in [2.45, 2.75) is 25.9 Å². The Hall–Kier alpha value is -1.20. The number of β-amino-alcohol motifs (C(OH)–C–C–N with tert-alkyl or cyclic N) is 1. The number of hydrogen-bond donors (Lipinski definition) is 1. The van der Waals surface area contributed by atoms with E-state index in [4.69, 9.17) is 0 Å². The highest BCUT2D eigenvalue weighted by atomic mass is 32.1. The van der Waals surface area contributed by atoms with E-state index in [9.17, 15) is 5.11 Å². The molecule has 1 atom stereocenters. The number of aryl methyl sites for hydroxylation is 1. The van der Waals surface area contributed by atoms with Crippen molar-refractivity contribution >= 4 is 27.4 Å². The van der Waals surface area contributed by atoms with Crippen molar-refractivity contribution in [3.8, 4) is 0 Å². The molecule has 0 spiro atoms. The second-order valence-corrected chi connectivity index (χ2v) is 5.84. The first-order valence-electron chi connectivity index (χ1n) is 5.73. The van der Waals surface area contributed by atoms with Gasteiger partial charge >= 0.3 is 0 Å². The van der Waals surface area contributed by atoms with Gasteiger partial charge in [-0.3, -0.25) is 0 Å². The first-order valence-corrected chi connectivity index (χ1v) is 6.61. The third kappa shape index (κ3) is 1.79. The zero-order valence-corrected chi connectivity index (χ0v) is 10.8. The molecule has 1 fully saturated rings. The molecule has 0 aromatic carbocycles. The minimum atomic E-state index is -0.594. The van der Waals surface area contributed by atoms with Crippen molar-refractivity contribution in [3.05, 3.63) is 17.3 Å². The molecule has 0 aliphatic carbocycles. The van der Waals surface area contributed by atoms with Crippen LogP contribution in [0.1, 0.15) is 18.9 Å². The number of anilines is 1. The normalized spacial score (nSPS) is 24.8. The largest absolute Gasteiger partial charge is 0.388 e. The summed E-state index contributed by atoms with van der Waals surface area (Å²) >= 11 is 1.68. The summed E-state index contributed by atoms with van der Waals surface area (Å²) in [6, 6.07) is 0. The van der Waals surface area contributed by atoms with E-state index >= 15 is 0 Å². The van der Waals surface area contributed by atoms with Crippen LogP contribution in [-0.2, 0) is 0 Å². The van der Waals surface area contributed by atoms with Gasteiger partial charge < -0.3 is 10.0 Å². The minimum absolute atomic E-state index is 0.594. The Balaban J connectivity index is 2.06. The molecule has 0 bridgehead atoms. The molecule has 0 radical (unpaired) electrons. The molecule has 1 saturated heterocycles. The molecule has 3 heterocycles. The number of rotatable bonds is 1. The molecular formula is C12H15N3OS. The van der Waals surface area contributed by atoms with Crippen LogP contribution in [0.25, 0.3) is 10.2 Å². The lowest BCUT2D eigenvalue weighted by atomic mass is 10.1. The average Bonchev–Trinajstić information content (AvgIpc) is 2.83.